The molecule has 0 radical (unpaired) electrons. The SMILES string of the molecule is C=CCSCC1CCCOC1. The van der Waals surface area contributed by atoms with E-state index in [1.54, 1.807) is 0 Å². The van der Waals surface area contributed by atoms with Crippen LogP contribution in [0.1, 0.15) is 12.8 Å². The van der Waals surface area contributed by atoms with Gasteiger partial charge in [-0.15, -0.1) is 6.58 Å². The summed E-state index contributed by atoms with van der Waals surface area (Å²) in [6.45, 7) is 5.64. The normalized spacial score (nSPS) is 24.9. The van der Waals surface area contributed by atoms with Crippen molar-refractivity contribution >= 4 is 11.8 Å². The molecule has 11 heavy (non-hydrogen) atoms. The van der Waals surface area contributed by atoms with Crippen molar-refractivity contribution in [2.45, 2.75) is 12.8 Å². The fourth-order valence-electron chi connectivity index (χ4n) is 1.26. The van der Waals surface area contributed by atoms with E-state index >= 15 is 0 Å². The highest BCUT2D eigenvalue weighted by Gasteiger charge is 2.12. The Balaban J connectivity index is 2.00. The lowest BCUT2D eigenvalue weighted by atomic mass is 10.1. The first kappa shape index (κ1) is 9.14. The molecule has 0 saturated carbocycles. The van der Waals surface area contributed by atoms with E-state index in [2.05, 4.69) is 6.58 Å². The van der Waals surface area contributed by atoms with Crippen LogP contribution in [-0.4, -0.2) is 24.7 Å². The smallest absolute Gasteiger partial charge is 0.0502 e. The van der Waals surface area contributed by atoms with Gasteiger partial charge in [-0.1, -0.05) is 6.08 Å². The average Bonchev–Trinajstić information content (AvgIpc) is 2.07. The van der Waals surface area contributed by atoms with Crippen LogP contribution in [0.4, 0.5) is 0 Å². The summed E-state index contributed by atoms with van der Waals surface area (Å²) in [5, 5.41) is 0. The predicted molar refractivity (Wildman–Crippen MR) is 51.1 cm³/mol. The largest absolute Gasteiger partial charge is 0.381 e. The molecule has 0 bridgehead atoms. The molecule has 0 aliphatic carbocycles. The highest BCUT2D eigenvalue weighted by Crippen LogP contribution is 2.18. The maximum Gasteiger partial charge on any atom is 0.0502 e. The second-order valence-electron chi connectivity index (χ2n) is 2.91. The van der Waals surface area contributed by atoms with E-state index in [9.17, 15) is 0 Å². The third-order valence-corrected chi connectivity index (χ3v) is 3.02. The Kier molecular flexibility index (Phi) is 4.71. The molecule has 1 heterocycles. The maximum absolute atomic E-state index is 5.37. The Bertz CT molecular complexity index is 108. The van der Waals surface area contributed by atoms with Gasteiger partial charge >= 0.3 is 0 Å². The van der Waals surface area contributed by atoms with Gasteiger partial charge in [-0.2, -0.15) is 11.8 Å². The molecule has 1 rings (SSSR count). The van der Waals surface area contributed by atoms with Crippen molar-refractivity contribution in [2.24, 2.45) is 5.92 Å². The Morgan fingerprint density at radius 2 is 2.55 bits per heavy atom. The van der Waals surface area contributed by atoms with Gasteiger partial charge < -0.3 is 4.74 Å². The Morgan fingerprint density at radius 1 is 1.64 bits per heavy atom. The van der Waals surface area contributed by atoms with Gasteiger partial charge in [-0.25, -0.2) is 0 Å². The summed E-state index contributed by atoms with van der Waals surface area (Å²) >= 11 is 1.96. The lowest BCUT2D eigenvalue weighted by Crippen LogP contribution is -2.19. The minimum atomic E-state index is 0.800. The molecule has 1 unspecified atom stereocenters. The standard InChI is InChI=1S/C9H16OS/c1-2-6-11-8-9-4-3-5-10-7-9/h2,9H,1,3-8H2. The second-order valence-corrected chi connectivity index (χ2v) is 3.98. The molecule has 0 aromatic rings. The number of thioether (sulfide) groups is 1. The third-order valence-electron chi connectivity index (χ3n) is 1.84. The van der Waals surface area contributed by atoms with Gasteiger partial charge in [0.05, 0.1) is 6.61 Å². The van der Waals surface area contributed by atoms with Crippen LogP contribution >= 0.6 is 11.8 Å². The summed E-state index contributed by atoms with van der Waals surface area (Å²) in [4.78, 5) is 0. The van der Waals surface area contributed by atoms with Crippen LogP contribution in [0.15, 0.2) is 12.7 Å². The Morgan fingerprint density at radius 3 is 3.18 bits per heavy atom. The van der Waals surface area contributed by atoms with E-state index in [-0.39, 0.29) is 0 Å². The predicted octanol–water partition coefficient (Wildman–Crippen LogP) is 2.33. The van der Waals surface area contributed by atoms with Gasteiger partial charge in [-0.3, -0.25) is 0 Å². The van der Waals surface area contributed by atoms with E-state index in [4.69, 9.17) is 4.74 Å². The zero-order valence-electron chi connectivity index (χ0n) is 6.92. The molecule has 1 saturated heterocycles. The fraction of sp³-hybridized carbons (Fsp3) is 0.778. The fourth-order valence-corrected chi connectivity index (χ4v) is 2.16. The molecular weight excluding hydrogens is 156 g/mol. The van der Waals surface area contributed by atoms with Crippen LogP contribution in [0.2, 0.25) is 0 Å². The van der Waals surface area contributed by atoms with E-state index in [0.717, 1.165) is 24.9 Å². The van der Waals surface area contributed by atoms with Crippen LogP contribution in [-0.2, 0) is 4.74 Å². The zero-order valence-corrected chi connectivity index (χ0v) is 7.74. The number of rotatable bonds is 4. The average molecular weight is 172 g/mol. The molecule has 1 aliphatic heterocycles. The molecular formula is C9H16OS. The van der Waals surface area contributed by atoms with E-state index in [1.165, 1.54) is 18.6 Å². The minimum absolute atomic E-state index is 0.800. The van der Waals surface area contributed by atoms with Gasteiger partial charge in [-0.05, 0) is 24.5 Å². The summed E-state index contributed by atoms with van der Waals surface area (Å²) in [5.74, 6) is 3.12. The van der Waals surface area contributed by atoms with E-state index in [0.29, 0.717) is 0 Å². The van der Waals surface area contributed by atoms with Crippen LogP contribution in [0.3, 0.4) is 0 Å². The summed E-state index contributed by atoms with van der Waals surface area (Å²) in [6, 6.07) is 0. The highest BCUT2D eigenvalue weighted by atomic mass is 32.2. The van der Waals surface area contributed by atoms with Crippen molar-refractivity contribution in [1.29, 1.82) is 0 Å². The van der Waals surface area contributed by atoms with Crippen molar-refractivity contribution in [3.8, 4) is 0 Å². The molecule has 0 N–H and O–H groups in total. The zero-order chi connectivity index (χ0) is 7.94. The molecule has 0 aromatic carbocycles. The number of hydrogen-bond donors (Lipinski definition) is 0. The summed E-state index contributed by atoms with van der Waals surface area (Å²) in [6.07, 6.45) is 4.57. The van der Waals surface area contributed by atoms with Crippen LogP contribution in [0.5, 0.6) is 0 Å². The third kappa shape index (κ3) is 3.82. The summed E-state index contributed by atoms with van der Waals surface area (Å²) in [7, 11) is 0. The number of ether oxygens (including phenoxy) is 1. The molecule has 1 atom stereocenters. The van der Waals surface area contributed by atoms with Crippen molar-refractivity contribution < 1.29 is 4.74 Å². The molecule has 0 amide bonds. The molecule has 0 aromatic heterocycles. The minimum Gasteiger partial charge on any atom is -0.381 e. The van der Waals surface area contributed by atoms with Gasteiger partial charge in [0, 0.05) is 12.4 Å². The van der Waals surface area contributed by atoms with Gasteiger partial charge in [0.2, 0.25) is 0 Å². The maximum atomic E-state index is 5.37. The summed E-state index contributed by atoms with van der Waals surface area (Å²) in [5.41, 5.74) is 0. The lowest BCUT2D eigenvalue weighted by Gasteiger charge is -2.21. The van der Waals surface area contributed by atoms with Crippen LogP contribution in [0, 0.1) is 5.92 Å². The first-order valence-electron chi connectivity index (χ1n) is 4.20. The molecule has 64 valence electrons. The first-order chi connectivity index (χ1) is 5.43. The van der Waals surface area contributed by atoms with Gasteiger partial charge in [0.1, 0.15) is 0 Å². The second kappa shape index (κ2) is 5.67. The highest BCUT2D eigenvalue weighted by molar-refractivity contribution is 7.99. The van der Waals surface area contributed by atoms with Gasteiger partial charge in [0.25, 0.3) is 0 Å². The molecule has 1 fully saturated rings. The van der Waals surface area contributed by atoms with Crippen LogP contribution in [0.25, 0.3) is 0 Å². The van der Waals surface area contributed by atoms with Gasteiger partial charge in [0.15, 0.2) is 0 Å². The molecule has 1 nitrogen and oxygen atoms in total. The van der Waals surface area contributed by atoms with E-state index in [1.807, 2.05) is 17.8 Å². The van der Waals surface area contributed by atoms with Crippen molar-refractivity contribution in [2.75, 3.05) is 24.7 Å². The number of hydrogen-bond acceptors (Lipinski definition) is 2. The quantitative estimate of drug-likeness (QED) is 0.475. The van der Waals surface area contributed by atoms with Crippen LogP contribution < -0.4 is 0 Å². The molecule has 0 spiro atoms. The Hall–Kier alpha value is 0.0500. The Labute approximate surface area is 73.2 Å². The molecule has 2 heteroatoms. The van der Waals surface area contributed by atoms with Crippen molar-refractivity contribution in [3.63, 3.8) is 0 Å². The molecule has 1 aliphatic rings. The topological polar surface area (TPSA) is 9.23 Å². The summed E-state index contributed by atoms with van der Waals surface area (Å²) < 4.78 is 5.37. The van der Waals surface area contributed by atoms with Crippen molar-refractivity contribution in [3.05, 3.63) is 12.7 Å². The van der Waals surface area contributed by atoms with Crippen molar-refractivity contribution in [1.82, 2.24) is 0 Å². The van der Waals surface area contributed by atoms with E-state index < -0.39 is 0 Å². The lowest BCUT2D eigenvalue weighted by molar-refractivity contribution is 0.0632. The first-order valence-corrected chi connectivity index (χ1v) is 5.35. The monoisotopic (exact) mass is 172 g/mol.